The molecule has 3 nitrogen and oxygen atoms in total. The number of urea groups is 1. The van der Waals surface area contributed by atoms with Crippen LogP contribution in [0.2, 0.25) is 0 Å². The summed E-state index contributed by atoms with van der Waals surface area (Å²) in [6.07, 6.45) is 0.0488. The van der Waals surface area contributed by atoms with Crippen molar-refractivity contribution in [3.63, 3.8) is 0 Å². The molecule has 0 aliphatic rings. The van der Waals surface area contributed by atoms with Crippen molar-refractivity contribution in [2.24, 2.45) is 0 Å². The first-order valence-corrected chi connectivity index (χ1v) is 6.48. The molecule has 0 saturated carbocycles. The van der Waals surface area contributed by atoms with Crippen LogP contribution in [0.1, 0.15) is 6.42 Å². The Balaban J connectivity index is 0.00000400. The lowest BCUT2D eigenvalue weighted by Crippen LogP contribution is -2.35. The lowest BCUT2D eigenvalue weighted by molar-refractivity contribution is -0.0327. The normalized spacial score (nSPS) is 10.7. The first-order chi connectivity index (χ1) is 9.29. The summed E-state index contributed by atoms with van der Waals surface area (Å²) in [6.45, 7) is -0.0937. The fraction of sp³-hybridized carbons (Fsp3) is 0.364. The molecule has 1 aromatic rings. The lowest BCUT2D eigenvalue weighted by atomic mass is 10.3. The van der Waals surface area contributed by atoms with Gasteiger partial charge in [0, 0.05) is 12.3 Å². The first-order valence-electron chi connectivity index (χ1n) is 5.49. The highest BCUT2D eigenvalue weighted by Crippen LogP contribution is 2.30. The van der Waals surface area contributed by atoms with Crippen LogP contribution in [-0.2, 0) is 0 Å². The lowest BCUT2D eigenvalue weighted by Gasteiger charge is -2.13. The van der Waals surface area contributed by atoms with Crippen molar-refractivity contribution in [2.75, 3.05) is 17.4 Å². The average molecular weight is 351 g/mol. The van der Waals surface area contributed by atoms with Crippen LogP contribution < -0.4 is 10.4 Å². The third-order valence-electron chi connectivity index (χ3n) is 2.09. The SMILES string of the molecule is Cl.O=C(NCCCSC(F)(F)F)N(F)c1ccc(F)cc1. The summed E-state index contributed by atoms with van der Waals surface area (Å²) in [5.41, 5.74) is -4.49. The van der Waals surface area contributed by atoms with Gasteiger partial charge in [-0.1, -0.05) is 16.2 Å². The summed E-state index contributed by atoms with van der Waals surface area (Å²) in [5, 5.41) is 1.88. The van der Waals surface area contributed by atoms with Gasteiger partial charge in [0.05, 0.1) is 5.69 Å². The van der Waals surface area contributed by atoms with E-state index in [1.54, 1.807) is 0 Å². The molecule has 0 unspecified atom stereocenters. The van der Waals surface area contributed by atoms with Crippen molar-refractivity contribution in [3.05, 3.63) is 30.1 Å². The number of carbonyl (C=O) groups excluding carboxylic acids is 1. The Labute approximate surface area is 128 Å². The van der Waals surface area contributed by atoms with Gasteiger partial charge in [-0.3, -0.25) is 0 Å². The summed E-state index contributed by atoms with van der Waals surface area (Å²) in [6, 6.07) is 2.97. The maximum Gasteiger partial charge on any atom is 0.441 e. The number of amides is 2. The molecule has 0 heterocycles. The van der Waals surface area contributed by atoms with Crippen LogP contribution >= 0.6 is 24.2 Å². The molecule has 0 radical (unpaired) electrons. The number of nitrogens with one attached hydrogen (secondary N) is 1. The highest BCUT2D eigenvalue weighted by Gasteiger charge is 2.27. The molecule has 0 spiro atoms. The standard InChI is InChI=1S/C11H11F5N2OS.ClH/c12-8-2-4-9(5-3-8)18(16)10(19)17-6-1-7-20-11(13,14)15;/h2-5H,1,6-7H2,(H,17,19);1H. The first kappa shape index (κ1) is 19.8. The summed E-state index contributed by atoms with van der Waals surface area (Å²) >= 11 is -0.209. The van der Waals surface area contributed by atoms with Crippen LogP contribution in [0.15, 0.2) is 24.3 Å². The Morgan fingerprint density at radius 2 is 1.81 bits per heavy atom. The number of nitrogens with zero attached hydrogens (tertiary/aromatic N) is 1. The Morgan fingerprint density at radius 1 is 1.24 bits per heavy atom. The molecule has 21 heavy (non-hydrogen) atoms. The summed E-state index contributed by atoms with van der Waals surface area (Å²) in [5.74, 6) is -0.807. The second-order valence-corrected chi connectivity index (χ2v) is 4.80. The fourth-order valence-corrected chi connectivity index (χ4v) is 1.73. The highest BCUT2D eigenvalue weighted by molar-refractivity contribution is 8.00. The molecule has 120 valence electrons. The maximum atomic E-state index is 13.5. The molecule has 0 atom stereocenters. The molecule has 1 rings (SSSR count). The molecule has 0 saturated heterocycles. The van der Waals surface area contributed by atoms with Gasteiger partial charge >= 0.3 is 11.5 Å². The molecule has 10 heteroatoms. The van der Waals surface area contributed by atoms with Crippen LogP contribution in [0.3, 0.4) is 0 Å². The van der Waals surface area contributed by atoms with E-state index < -0.39 is 17.4 Å². The Hall–Kier alpha value is -1.22. The van der Waals surface area contributed by atoms with E-state index >= 15 is 0 Å². The molecule has 1 aromatic carbocycles. The molecular formula is C11H12ClF5N2OS. The van der Waals surface area contributed by atoms with Crippen LogP contribution in [0.4, 0.5) is 32.5 Å². The summed E-state index contributed by atoms with van der Waals surface area (Å²) in [4.78, 5) is 11.3. The van der Waals surface area contributed by atoms with Crippen molar-refractivity contribution < 1.29 is 26.8 Å². The quantitative estimate of drug-likeness (QED) is 0.488. The van der Waals surface area contributed by atoms with Gasteiger partial charge in [-0.05, 0) is 30.7 Å². The molecular weight excluding hydrogens is 339 g/mol. The van der Waals surface area contributed by atoms with Gasteiger partial charge in [0.2, 0.25) is 0 Å². The number of alkyl halides is 3. The van der Waals surface area contributed by atoms with Crippen LogP contribution in [0.25, 0.3) is 0 Å². The molecule has 0 aromatic heterocycles. The average Bonchev–Trinajstić information content (AvgIpc) is 2.37. The van der Waals surface area contributed by atoms with Gasteiger partial charge in [0.15, 0.2) is 0 Å². The van der Waals surface area contributed by atoms with E-state index in [1.165, 1.54) is 0 Å². The minimum absolute atomic E-state index is 0. The Kier molecular flexibility index (Phi) is 8.41. The van der Waals surface area contributed by atoms with Gasteiger partial charge in [0.1, 0.15) is 5.82 Å². The molecule has 0 aliphatic heterocycles. The molecule has 0 bridgehead atoms. The third-order valence-corrected chi connectivity index (χ3v) is 2.91. The van der Waals surface area contributed by atoms with Crippen LogP contribution in [0, 0.1) is 5.82 Å². The Bertz CT molecular complexity index is 443. The van der Waals surface area contributed by atoms with Crippen molar-refractivity contribution >= 4 is 35.9 Å². The van der Waals surface area contributed by atoms with Gasteiger partial charge < -0.3 is 5.32 Å². The van der Waals surface area contributed by atoms with E-state index in [-0.39, 0.29) is 53.7 Å². The molecule has 0 fully saturated rings. The van der Waals surface area contributed by atoms with Crippen molar-refractivity contribution in [3.8, 4) is 0 Å². The number of thioether (sulfide) groups is 1. The number of hydrogen-bond acceptors (Lipinski definition) is 2. The minimum atomic E-state index is -4.32. The second-order valence-electron chi connectivity index (χ2n) is 3.64. The zero-order valence-electron chi connectivity index (χ0n) is 10.5. The highest BCUT2D eigenvalue weighted by atomic mass is 35.5. The maximum absolute atomic E-state index is 13.5. The zero-order chi connectivity index (χ0) is 15.2. The third kappa shape index (κ3) is 7.96. The largest absolute Gasteiger partial charge is 0.441 e. The van der Waals surface area contributed by atoms with Crippen molar-refractivity contribution in [2.45, 2.75) is 11.9 Å². The predicted octanol–water partition coefficient (Wildman–Crippen LogP) is 4.29. The van der Waals surface area contributed by atoms with E-state index in [0.717, 1.165) is 24.3 Å². The zero-order valence-corrected chi connectivity index (χ0v) is 12.1. The van der Waals surface area contributed by atoms with Gasteiger partial charge in [-0.2, -0.15) is 13.2 Å². The number of carbonyl (C=O) groups is 1. The van der Waals surface area contributed by atoms with E-state index in [4.69, 9.17) is 0 Å². The number of rotatable bonds is 5. The monoisotopic (exact) mass is 350 g/mol. The molecule has 2 amide bonds. The van der Waals surface area contributed by atoms with Crippen LogP contribution in [-0.4, -0.2) is 23.8 Å². The smallest absolute Gasteiger partial charge is 0.336 e. The number of hydrogen-bond donors (Lipinski definition) is 1. The number of halogens is 6. The minimum Gasteiger partial charge on any atom is -0.336 e. The topological polar surface area (TPSA) is 32.3 Å². The predicted molar refractivity (Wildman–Crippen MR) is 73.8 cm³/mol. The van der Waals surface area contributed by atoms with E-state index in [9.17, 15) is 26.8 Å². The number of benzene rings is 1. The Morgan fingerprint density at radius 3 is 2.33 bits per heavy atom. The molecule has 1 N–H and O–H groups in total. The second kappa shape index (κ2) is 8.93. The number of anilines is 1. The van der Waals surface area contributed by atoms with Crippen molar-refractivity contribution in [1.29, 1.82) is 0 Å². The van der Waals surface area contributed by atoms with E-state index in [2.05, 4.69) is 5.32 Å². The van der Waals surface area contributed by atoms with Gasteiger partial charge in [0.25, 0.3) is 0 Å². The van der Waals surface area contributed by atoms with Crippen molar-refractivity contribution in [1.82, 2.24) is 5.32 Å². The van der Waals surface area contributed by atoms with Gasteiger partial charge in [-0.25, -0.2) is 9.18 Å². The summed E-state index contributed by atoms with van der Waals surface area (Å²) < 4.78 is 61.5. The molecule has 0 aliphatic carbocycles. The van der Waals surface area contributed by atoms with Gasteiger partial charge in [-0.15, -0.1) is 17.5 Å². The van der Waals surface area contributed by atoms with Crippen LogP contribution in [0.5, 0.6) is 0 Å². The fourth-order valence-electron chi connectivity index (χ4n) is 1.21. The van der Waals surface area contributed by atoms with E-state index in [0.29, 0.717) is 0 Å². The summed E-state index contributed by atoms with van der Waals surface area (Å²) in [7, 11) is 0. The van der Waals surface area contributed by atoms with E-state index in [1.807, 2.05) is 0 Å².